The molecular formula is C15H20N2O2. The zero-order valence-corrected chi connectivity index (χ0v) is 11.0. The second kappa shape index (κ2) is 6.55. The number of benzene rings is 1. The van der Waals surface area contributed by atoms with Crippen molar-refractivity contribution < 1.29 is 10.2 Å². The van der Waals surface area contributed by atoms with Gasteiger partial charge in [-0.05, 0) is 43.4 Å². The van der Waals surface area contributed by atoms with Crippen LogP contribution in [-0.4, -0.2) is 29.4 Å². The summed E-state index contributed by atoms with van der Waals surface area (Å²) in [5.41, 5.74) is 2.30. The molecule has 4 nitrogen and oxygen atoms in total. The molecule has 0 radical (unpaired) electrons. The zero-order valence-electron chi connectivity index (χ0n) is 11.0. The first kappa shape index (κ1) is 13.9. The summed E-state index contributed by atoms with van der Waals surface area (Å²) in [6.07, 6.45) is 4.25. The number of anilines is 1. The van der Waals surface area contributed by atoms with Crippen molar-refractivity contribution in [3.63, 3.8) is 0 Å². The normalized spacial score (nSPS) is 14.8. The molecule has 0 amide bonds. The van der Waals surface area contributed by atoms with Crippen LogP contribution in [0.2, 0.25) is 0 Å². The third-order valence-electron chi connectivity index (χ3n) is 3.75. The van der Waals surface area contributed by atoms with Gasteiger partial charge in [0, 0.05) is 19.2 Å². The Bertz CT molecular complexity index is 464. The van der Waals surface area contributed by atoms with Crippen LogP contribution in [0.25, 0.3) is 0 Å². The second-order valence-corrected chi connectivity index (χ2v) is 4.98. The summed E-state index contributed by atoms with van der Waals surface area (Å²) in [6, 6.07) is 8.23. The highest BCUT2D eigenvalue weighted by Crippen LogP contribution is 2.32. The van der Waals surface area contributed by atoms with Crippen LogP contribution in [0.5, 0.6) is 0 Å². The minimum absolute atomic E-state index is 0.0466. The van der Waals surface area contributed by atoms with E-state index in [1.807, 2.05) is 12.1 Å². The fraction of sp³-hybridized carbons (Fsp3) is 0.533. The van der Waals surface area contributed by atoms with E-state index in [0.29, 0.717) is 18.0 Å². The molecular weight excluding hydrogens is 240 g/mol. The Morgan fingerprint density at radius 1 is 1.32 bits per heavy atom. The highest BCUT2D eigenvalue weighted by atomic mass is 16.3. The van der Waals surface area contributed by atoms with E-state index in [0.717, 1.165) is 30.6 Å². The standard InChI is InChI=1S/C15H20N2O2/c16-10-13-9-12(11-19)5-6-15(13)17(7-2-8-18)14-3-1-4-14/h5-6,9,14,18-19H,1-4,7-8,11H2. The molecule has 1 saturated carbocycles. The number of hydrogen-bond acceptors (Lipinski definition) is 4. The zero-order chi connectivity index (χ0) is 13.7. The first-order valence-corrected chi connectivity index (χ1v) is 6.81. The van der Waals surface area contributed by atoms with Crippen LogP contribution in [0.3, 0.4) is 0 Å². The molecule has 0 spiro atoms. The molecule has 1 aliphatic rings. The Morgan fingerprint density at radius 2 is 2.11 bits per heavy atom. The summed E-state index contributed by atoms with van der Waals surface area (Å²) >= 11 is 0. The molecule has 4 heteroatoms. The smallest absolute Gasteiger partial charge is 0.101 e. The van der Waals surface area contributed by atoms with E-state index in [2.05, 4.69) is 11.0 Å². The molecule has 0 saturated heterocycles. The van der Waals surface area contributed by atoms with Crippen LogP contribution in [0, 0.1) is 11.3 Å². The molecule has 19 heavy (non-hydrogen) atoms. The Hall–Kier alpha value is -1.57. The van der Waals surface area contributed by atoms with Gasteiger partial charge in [-0.2, -0.15) is 5.26 Å². The van der Waals surface area contributed by atoms with Gasteiger partial charge in [0.25, 0.3) is 0 Å². The Kier molecular flexibility index (Phi) is 4.78. The van der Waals surface area contributed by atoms with Crippen molar-refractivity contribution in [3.05, 3.63) is 29.3 Å². The molecule has 102 valence electrons. The van der Waals surface area contributed by atoms with Gasteiger partial charge in [-0.3, -0.25) is 0 Å². The van der Waals surface area contributed by atoms with Gasteiger partial charge in [0.15, 0.2) is 0 Å². The first-order valence-electron chi connectivity index (χ1n) is 6.81. The average molecular weight is 260 g/mol. The Labute approximate surface area is 113 Å². The van der Waals surface area contributed by atoms with Crippen molar-refractivity contribution in [2.45, 2.75) is 38.3 Å². The first-order chi connectivity index (χ1) is 9.30. The molecule has 2 rings (SSSR count). The topological polar surface area (TPSA) is 67.5 Å². The summed E-state index contributed by atoms with van der Waals surface area (Å²) < 4.78 is 0. The van der Waals surface area contributed by atoms with E-state index in [4.69, 9.17) is 10.2 Å². The van der Waals surface area contributed by atoms with Crippen LogP contribution < -0.4 is 4.90 Å². The van der Waals surface area contributed by atoms with Gasteiger partial charge in [-0.15, -0.1) is 0 Å². The van der Waals surface area contributed by atoms with Crippen LogP contribution in [0.4, 0.5) is 5.69 Å². The SMILES string of the molecule is N#Cc1cc(CO)ccc1N(CCCO)C1CCC1. The minimum atomic E-state index is -0.0466. The lowest BCUT2D eigenvalue weighted by molar-refractivity contribution is 0.281. The molecule has 2 N–H and O–H groups in total. The summed E-state index contributed by atoms with van der Waals surface area (Å²) in [4.78, 5) is 2.24. The molecule has 0 heterocycles. The van der Waals surface area contributed by atoms with Crippen LogP contribution in [-0.2, 0) is 6.61 Å². The summed E-state index contributed by atoms with van der Waals surface area (Å²) in [6.45, 7) is 0.892. The van der Waals surface area contributed by atoms with E-state index in [1.165, 1.54) is 6.42 Å². The summed E-state index contributed by atoms with van der Waals surface area (Å²) in [7, 11) is 0. The van der Waals surface area contributed by atoms with E-state index in [-0.39, 0.29) is 13.2 Å². The molecule has 1 fully saturated rings. The largest absolute Gasteiger partial charge is 0.396 e. The van der Waals surface area contributed by atoms with E-state index in [1.54, 1.807) is 6.07 Å². The fourth-order valence-corrected chi connectivity index (χ4v) is 2.46. The highest BCUT2D eigenvalue weighted by molar-refractivity contribution is 5.61. The van der Waals surface area contributed by atoms with Crippen molar-refractivity contribution >= 4 is 5.69 Å². The maximum Gasteiger partial charge on any atom is 0.101 e. The Morgan fingerprint density at radius 3 is 2.63 bits per heavy atom. The maximum absolute atomic E-state index is 9.28. The molecule has 1 aromatic carbocycles. The number of hydrogen-bond donors (Lipinski definition) is 2. The average Bonchev–Trinajstić information content (AvgIpc) is 2.40. The van der Waals surface area contributed by atoms with Gasteiger partial charge in [-0.1, -0.05) is 6.07 Å². The minimum Gasteiger partial charge on any atom is -0.396 e. The molecule has 0 bridgehead atoms. The number of rotatable bonds is 6. The van der Waals surface area contributed by atoms with Crippen molar-refractivity contribution in [1.29, 1.82) is 5.26 Å². The van der Waals surface area contributed by atoms with Crippen molar-refractivity contribution in [3.8, 4) is 6.07 Å². The molecule has 0 aromatic heterocycles. The molecule has 1 aliphatic carbocycles. The Balaban J connectivity index is 2.27. The van der Waals surface area contributed by atoms with Gasteiger partial charge in [0.05, 0.1) is 17.9 Å². The highest BCUT2D eigenvalue weighted by Gasteiger charge is 2.26. The van der Waals surface area contributed by atoms with Gasteiger partial charge >= 0.3 is 0 Å². The lowest BCUT2D eigenvalue weighted by atomic mass is 9.90. The quantitative estimate of drug-likeness (QED) is 0.818. The van der Waals surface area contributed by atoms with Crippen molar-refractivity contribution in [2.24, 2.45) is 0 Å². The van der Waals surface area contributed by atoms with Gasteiger partial charge in [0.2, 0.25) is 0 Å². The van der Waals surface area contributed by atoms with E-state index in [9.17, 15) is 5.26 Å². The molecule has 0 unspecified atom stereocenters. The number of aliphatic hydroxyl groups excluding tert-OH is 2. The van der Waals surface area contributed by atoms with Crippen molar-refractivity contribution in [2.75, 3.05) is 18.1 Å². The van der Waals surface area contributed by atoms with Crippen molar-refractivity contribution in [1.82, 2.24) is 0 Å². The second-order valence-electron chi connectivity index (χ2n) is 4.98. The van der Waals surface area contributed by atoms with Gasteiger partial charge in [0.1, 0.15) is 6.07 Å². The predicted molar refractivity (Wildman–Crippen MR) is 73.8 cm³/mol. The predicted octanol–water partition coefficient (Wildman–Crippen LogP) is 1.79. The monoisotopic (exact) mass is 260 g/mol. The molecule has 0 atom stereocenters. The number of nitrogens with zero attached hydrogens (tertiary/aromatic N) is 2. The van der Waals surface area contributed by atoms with Gasteiger partial charge < -0.3 is 15.1 Å². The summed E-state index contributed by atoms with van der Waals surface area (Å²) in [5.74, 6) is 0. The van der Waals surface area contributed by atoms with Crippen LogP contribution >= 0.6 is 0 Å². The van der Waals surface area contributed by atoms with E-state index < -0.39 is 0 Å². The fourth-order valence-electron chi connectivity index (χ4n) is 2.46. The molecule has 1 aromatic rings. The molecule has 0 aliphatic heterocycles. The van der Waals surface area contributed by atoms with Crippen LogP contribution in [0.1, 0.15) is 36.8 Å². The lowest BCUT2D eigenvalue weighted by Crippen LogP contribution is -2.41. The third kappa shape index (κ3) is 3.06. The third-order valence-corrected chi connectivity index (χ3v) is 3.75. The van der Waals surface area contributed by atoms with Gasteiger partial charge in [-0.25, -0.2) is 0 Å². The maximum atomic E-state index is 9.28. The number of aliphatic hydroxyl groups is 2. The lowest BCUT2D eigenvalue weighted by Gasteiger charge is -2.39. The number of nitriles is 1. The summed E-state index contributed by atoms with van der Waals surface area (Å²) in [5, 5.41) is 27.4. The van der Waals surface area contributed by atoms with E-state index >= 15 is 0 Å². The van der Waals surface area contributed by atoms with Crippen LogP contribution in [0.15, 0.2) is 18.2 Å².